The Labute approximate surface area is 160 Å². The molecule has 1 aliphatic heterocycles. The van der Waals surface area contributed by atoms with Crippen LogP contribution in [0.3, 0.4) is 0 Å². The fourth-order valence-electron chi connectivity index (χ4n) is 3.73. The third-order valence-corrected chi connectivity index (χ3v) is 5.19. The lowest BCUT2D eigenvalue weighted by Crippen LogP contribution is -2.22. The molecule has 0 spiro atoms. The molecule has 0 aliphatic carbocycles. The zero-order chi connectivity index (χ0) is 18.5. The monoisotopic (exact) mass is 365 g/mol. The first-order valence-corrected chi connectivity index (χ1v) is 9.84. The molecular weight excluding hydrogens is 338 g/mol. The Kier molecular flexibility index (Phi) is 5.58. The van der Waals surface area contributed by atoms with Gasteiger partial charge in [-0.1, -0.05) is 43.7 Å². The minimum Gasteiger partial charge on any atom is -0.295 e. The summed E-state index contributed by atoms with van der Waals surface area (Å²) in [6, 6.07) is 10.8. The van der Waals surface area contributed by atoms with Gasteiger partial charge in [-0.3, -0.25) is 4.90 Å². The Morgan fingerprint density at radius 3 is 2.81 bits per heavy atom. The molecule has 2 aromatic heterocycles. The molecule has 1 saturated heterocycles. The van der Waals surface area contributed by atoms with Crippen LogP contribution in [0.1, 0.15) is 49.3 Å². The summed E-state index contributed by atoms with van der Waals surface area (Å²) in [5, 5.41) is 8.90. The number of rotatable bonds is 8. The topological polar surface area (TPSA) is 64.7 Å². The summed E-state index contributed by atoms with van der Waals surface area (Å²) in [7, 11) is 0. The second-order valence-corrected chi connectivity index (χ2v) is 7.25. The predicted molar refractivity (Wildman–Crippen MR) is 103 cm³/mol. The second kappa shape index (κ2) is 8.43. The molecule has 0 N–H and O–H groups in total. The van der Waals surface area contributed by atoms with Crippen molar-refractivity contribution in [3.05, 3.63) is 60.2 Å². The minimum atomic E-state index is 0.568. The quantitative estimate of drug-likeness (QED) is 0.614. The van der Waals surface area contributed by atoms with E-state index in [1.807, 2.05) is 0 Å². The fraction of sp³-hybridized carbons (Fsp3) is 0.500. The molecule has 3 heterocycles. The number of hydrogen-bond donors (Lipinski definition) is 0. The number of likely N-dealkylation sites (tertiary alicyclic amines) is 1. The van der Waals surface area contributed by atoms with E-state index in [0.29, 0.717) is 12.5 Å². The van der Waals surface area contributed by atoms with Crippen molar-refractivity contribution < 1.29 is 0 Å². The summed E-state index contributed by atoms with van der Waals surface area (Å²) in [6.45, 7) is 6.75. The molecule has 27 heavy (non-hydrogen) atoms. The van der Waals surface area contributed by atoms with E-state index in [2.05, 4.69) is 56.9 Å². The van der Waals surface area contributed by atoms with Crippen molar-refractivity contribution in [3.8, 4) is 0 Å². The van der Waals surface area contributed by atoms with Crippen molar-refractivity contribution in [2.24, 2.45) is 0 Å². The summed E-state index contributed by atoms with van der Waals surface area (Å²) in [4.78, 5) is 11.3. The molecule has 0 radical (unpaired) electrons. The summed E-state index contributed by atoms with van der Waals surface area (Å²) in [5.74, 6) is 2.49. The number of aromatic nitrogens is 6. The molecule has 0 saturated carbocycles. The molecule has 1 aliphatic rings. The average Bonchev–Trinajstić information content (AvgIpc) is 3.44. The molecule has 1 atom stereocenters. The second-order valence-electron chi connectivity index (χ2n) is 7.25. The van der Waals surface area contributed by atoms with Crippen LogP contribution in [0.15, 0.2) is 43.0 Å². The van der Waals surface area contributed by atoms with Crippen molar-refractivity contribution in [1.29, 1.82) is 0 Å². The van der Waals surface area contributed by atoms with Crippen molar-refractivity contribution in [1.82, 2.24) is 34.4 Å². The maximum atomic E-state index is 4.82. The highest BCUT2D eigenvalue weighted by molar-refractivity contribution is 5.21. The third-order valence-electron chi connectivity index (χ3n) is 5.19. The maximum Gasteiger partial charge on any atom is 0.172 e. The summed E-state index contributed by atoms with van der Waals surface area (Å²) < 4.78 is 3.86. The maximum absolute atomic E-state index is 4.82. The van der Waals surface area contributed by atoms with Gasteiger partial charge in [-0.05, 0) is 30.9 Å². The molecule has 0 amide bonds. The van der Waals surface area contributed by atoms with Gasteiger partial charge < -0.3 is 0 Å². The van der Waals surface area contributed by atoms with Crippen LogP contribution >= 0.6 is 0 Å². The van der Waals surface area contributed by atoms with Crippen LogP contribution in [0.4, 0.5) is 0 Å². The van der Waals surface area contributed by atoms with Crippen LogP contribution in [0.5, 0.6) is 0 Å². The lowest BCUT2D eigenvalue weighted by Gasteiger charge is -2.16. The van der Waals surface area contributed by atoms with Crippen molar-refractivity contribution in [2.45, 2.75) is 51.7 Å². The van der Waals surface area contributed by atoms with E-state index >= 15 is 0 Å². The zero-order valence-electron chi connectivity index (χ0n) is 15.9. The van der Waals surface area contributed by atoms with E-state index < -0.39 is 0 Å². The minimum absolute atomic E-state index is 0.568. The molecule has 0 unspecified atom stereocenters. The molecule has 1 fully saturated rings. The van der Waals surface area contributed by atoms with Crippen molar-refractivity contribution in [3.63, 3.8) is 0 Å². The first-order chi connectivity index (χ1) is 13.3. The SMILES string of the molecule is CCCCn1nc(Cn2cncn2)nc1CN1CC[C@@H](c2ccccc2)C1. The largest absolute Gasteiger partial charge is 0.295 e. The van der Waals surface area contributed by atoms with Gasteiger partial charge in [-0.2, -0.15) is 10.2 Å². The number of hydrogen-bond acceptors (Lipinski definition) is 5. The van der Waals surface area contributed by atoms with Crippen LogP contribution in [-0.2, 0) is 19.6 Å². The Hall–Kier alpha value is -2.54. The van der Waals surface area contributed by atoms with Gasteiger partial charge in [0.05, 0.1) is 6.54 Å². The molecular formula is C20H27N7. The van der Waals surface area contributed by atoms with Gasteiger partial charge in [-0.15, -0.1) is 0 Å². The van der Waals surface area contributed by atoms with E-state index in [9.17, 15) is 0 Å². The molecule has 7 nitrogen and oxygen atoms in total. The zero-order valence-corrected chi connectivity index (χ0v) is 15.9. The molecule has 4 rings (SSSR count). The Morgan fingerprint density at radius 1 is 1.15 bits per heavy atom. The van der Waals surface area contributed by atoms with E-state index in [-0.39, 0.29) is 0 Å². The molecule has 7 heteroatoms. The number of aryl methyl sites for hydroxylation is 1. The van der Waals surface area contributed by atoms with Crippen LogP contribution in [0.25, 0.3) is 0 Å². The highest BCUT2D eigenvalue weighted by atomic mass is 15.4. The lowest BCUT2D eigenvalue weighted by molar-refractivity contribution is 0.308. The predicted octanol–water partition coefficient (Wildman–Crippen LogP) is 2.71. The average molecular weight is 365 g/mol. The van der Waals surface area contributed by atoms with Gasteiger partial charge in [0.25, 0.3) is 0 Å². The molecule has 142 valence electrons. The van der Waals surface area contributed by atoms with Crippen LogP contribution in [0.2, 0.25) is 0 Å². The first-order valence-electron chi connectivity index (χ1n) is 9.84. The van der Waals surface area contributed by atoms with E-state index in [1.165, 1.54) is 12.0 Å². The highest BCUT2D eigenvalue weighted by Gasteiger charge is 2.25. The van der Waals surface area contributed by atoms with Crippen molar-refractivity contribution in [2.75, 3.05) is 13.1 Å². The molecule has 0 bridgehead atoms. The molecule has 3 aromatic rings. The Morgan fingerprint density at radius 2 is 2.04 bits per heavy atom. The van der Waals surface area contributed by atoms with E-state index in [4.69, 9.17) is 10.1 Å². The van der Waals surface area contributed by atoms with Crippen molar-refractivity contribution >= 4 is 0 Å². The number of benzene rings is 1. The van der Waals surface area contributed by atoms with Gasteiger partial charge in [0.15, 0.2) is 5.82 Å². The summed E-state index contributed by atoms with van der Waals surface area (Å²) in [6.07, 6.45) is 6.72. The standard InChI is InChI=1S/C20H27N7/c1-2-3-10-27-20(23-19(24-27)13-26-16-21-15-22-26)14-25-11-9-18(12-25)17-7-5-4-6-8-17/h4-8,15-16,18H,2-3,9-14H2,1H3/t18-/m1/s1. The number of nitrogens with zero attached hydrogens (tertiary/aromatic N) is 7. The normalized spacial score (nSPS) is 17.6. The van der Waals surface area contributed by atoms with Crippen LogP contribution < -0.4 is 0 Å². The Balaban J connectivity index is 1.44. The Bertz CT molecular complexity index is 825. The van der Waals surface area contributed by atoms with Gasteiger partial charge in [0.2, 0.25) is 0 Å². The third kappa shape index (κ3) is 4.42. The van der Waals surface area contributed by atoms with E-state index in [0.717, 1.165) is 50.7 Å². The molecule has 1 aromatic carbocycles. The van der Waals surface area contributed by atoms with Crippen LogP contribution in [-0.4, -0.2) is 47.5 Å². The lowest BCUT2D eigenvalue weighted by atomic mass is 9.99. The van der Waals surface area contributed by atoms with Gasteiger partial charge in [-0.25, -0.2) is 19.3 Å². The fourth-order valence-corrected chi connectivity index (χ4v) is 3.73. The number of unbranched alkanes of at least 4 members (excludes halogenated alkanes) is 1. The van der Waals surface area contributed by atoms with Crippen LogP contribution in [0, 0.1) is 0 Å². The summed E-state index contributed by atoms with van der Waals surface area (Å²) in [5.41, 5.74) is 1.44. The van der Waals surface area contributed by atoms with Gasteiger partial charge >= 0.3 is 0 Å². The summed E-state index contributed by atoms with van der Waals surface area (Å²) >= 11 is 0. The first kappa shape index (κ1) is 17.9. The van der Waals surface area contributed by atoms with Gasteiger partial charge in [0.1, 0.15) is 25.0 Å². The highest BCUT2D eigenvalue weighted by Crippen LogP contribution is 2.27. The van der Waals surface area contributed by atoms with Gasteiger partial charge in [0, 0.05) is 13.1 Å². The van der Waals surface area contributed by atoms with E-state index in [1.54, 1.807) is 17.3 Å². The smallest absolute Gasteiger partial charge is 0.172 e.